The van der Waals surface area contributed by atoms with Crippen LogP contribution in [0.5, 0.6) is 0 Å². The number of nitrogens with one attached hydrogen (secondary N) is 1. The molecule has 1 aliphatic heterocycles. The summed E-state index contributed by atoms with van der Waals surface area (Å²) in [6, 6.07) is 0.565. The normalized spacial score (nSPS) is 26.0. The van der Waals surface area contributed by atoms with Crippen LogP contribution in [0.1, 0.15) is 33.1 Å². The van der Waals surface area contributed by atoms with Gasteiger partial charge < -0.3 is 20.2 Å². The van der Waals surface area contributed by atoms with Gasteiger partial charge in [0, 0.05) is 19.1 Å². The van der Waals surface area contributed by atoms with E-state index in [0.717, 1.165) is 6.54 Å². The van der Waals surface area contributed by atoms with Crippen molar-refractivity contribution < 1.29 is 5.11 Å². The molecule has 0 radical (unpaired) electrons. The fourth-order valence-corrected chi connectivity index (χ4v) is 2.78. The topological polar surface area (TPSA) is 38.7 Å². The van der Waals surface area contributed by atoms with Crippen LogP contribution in [0.25, 0.3) is 0 Å². The Labute approximate surface area is 112 Å². The third kappa shape index (κ3) is 6.14. The molecule has 4 nitrogen and oxygen atoms in total. The van der Waals surface area contributed by atoms with Gasteiger partial charge in [0.1, 0.15) is 0 Å². The van der Waals surface area contributed by atoms with Crippen molar-refractivity contribution in [2.24, 2.45) is 0 Å². The molecule has 0 bridgehead atoms. The maximum atomic E-state index is 10.3. The van der Waals surface area contributed by atoms with Gasteiger partial charge in [-0.05, 0) is 59.9 Å². The molecule has 1 heterocycles. The SMILES string of the molecule is CCN1CCCC(NCC(C)(O)CN(C)C)CC1. The van der Waals surface area contributed by atoms with Crippen LogP contribution >= 0.6 is 0 Å². The molecule has 0 spiro atoms. The Morgan fingerprint density at radius 1 is 1.33 bits per heavy atom. The Hall–Kier alpha value is -0.160. The Bertz CT molecular complexity index is 231. The average Bonchev–Trinajstić information content (AvgIpc) is 2.49. The van der Waals surface area contributed by atoms with Gasteiger partial charge in [-0.25, -0.2) is 0 Å². The molecule has 4 heteroatoms. The molecule has 1 rings (SSSR count). The predicted octanol–water partition coefficient (Wildman–Crippen LogP) is 0.763. The molecule has 18 heavy (non-hydrogen) atoms. The van der Waals surface area contributed by atoms with E-state index in [0.29, 0.717) is 19.1 Å². The fraction of sp³-hybridized carbons (Fsp3) is 1.00. The summed E-state index contributed by atoms with van der Waals surface area (Å²) < 4.78 is 0. The first kappa shape index (κ1) is 15.9. The first-order chi connectivity index (χ1) is 8.43. The molecule has 0 amide bonds. The third-order valence-corrected chi connectivity index (χ3v) is 3.70. The number of likely N-dealkylation sites (tertiary alicyclic amines) is 1. The number of hydrogen-bond donors (Lipinski definition) is 2. The van der Waals surface area contributed by atoms with E-state index in [1.807, 2.05) is 25.9 Å². The quantitative estimate of drug-likeness (QED) is 0.737. The lowest BCUT2D eigenvalue weighted by molar-refractivity contribution is 0.0309. The lowest BCUT2D eigenvalue weighted by Gasteiger charge is -2.29. The molecule has 1 aliphatic rings. The van der Waals surface area contributed by atoms with Crippen molar-refractivity contribution >= 4 is 0 Å². The smallest absolute Gasteiger partial charge is 0.0869 e. The molecule has 0 saturated carbocycles. The zero-order valence-corrected chi connectivity index (χ0v) is 12.6. The Balaban J connectivity index is 2.30. The molecule has 2 atom stereocenters. The molecular weight excluding hydrogens is 226 g/mol. The van der Waals surface area contributed by atoms with Crippen LogP contribution in [0.2, 0.25) is 0 Å². The fourth-order valence-electron chi connectivity index (χ4n) is 2.78. The number of likely N-dealkylation sites (N-methyl/N-ethyl adjacent to an activating group) is 1. The van der Waals surface area contributed by atoms with Crippen molar-refractivity contribution in [2.75, 3.05) is 46.8 Å². The van der Waals surface area contributed by atoms with E-state index < -0.39 is 5.60 Å². The van der Waals surface area contributed by atoms with Crippen molar-refractivity contribution in [1.29, 1.82) is 0 Å². The van der Waals surface area contributed by atoms with E-state index >= 15 is 0 Å². The third-order valence-electron chi connectivity index (χ3n) is 3.70. The highest BCUT2D eigenvalue weighted by atomic mass is 16.3. The highest BCUT2D eigenvalue weighted by molar-refractivity contribution is 4.82. The van der Waals surface area contributed by atoms with Crippen LogP contribution in [-0.2, 0) is 0 Å². The minimum absolute atomic E-state index is 0.565. The maximum absolute atomic E-state index is 10.3. The van der Waals surface area contributed by atoms with Crippen molar-refractivity contribution in [2.45, 2.75) is 44.8 Å². The number of hydrogen-bond acceptors (Lipinski definition) is 4. The van der Waals surface area contributed by atoms with Gasteiger partial charge in [0.2, 0.25) is 0 Å². The molecule has 1 fully saturated rings. The van der Waals surface area contributed by atoms with E-state index in [1.165, 1.54) is 32.4 Å². The van der Waals surface area contributed by atoms with Gasteiger partial charge in [0.05, 0.1) is 5.60 Å². The van der Waals surface area contributed by atoms with Crippen molar-refractivity contribution in [3.8, 4) is 0 Å². The summed E-state index contributed by atoms with van der Waals surface area (Å²) in [7, 11) is 4.00. The molecule has 2 N–H and O–H groups in total. The zero-order chi connectivity index (χ0) is 13.6. The Kier molecular flexibility index (Phi) is 6.57. The predicted molar refractivity (Wildman–Crippen MR) is 76.9 cm³/mol. The lowest BCUT2D eigenvalue weighted by Crippen LogP contribution is -2.48. The minimum Gasteiger partial charge on any atom is -0.388 e. The molecular formula is C14H31N3O. The van der Waals surface area contributed by atoms with Gasteiger partial charge in [-0.2, -0.15) is 0 Å². The first-order valence-corrected chi connectivity index (χ1v) is 7.26. The largest absolute Gasteiger partial charge is 0.388 e. The van der Waals surface area contributed by atoms with E-state index in [2.05, 4.69) is 17.1 Å². The molecule has 108 valence electrons. The highest BCUT2D eigenvalue weighted by Crippen LogP contribution is 2.12. The lowest BCUT2D eigenvalue weighted by atomic mass is 10.0. The van der Waals surface area contributed by atoms with Gasteiger partial charge in [0.15, 0.2) is 0 Å². The highest BCUT2D eigenvalue weighted by Gasteiger charge is 2.23. The Morgan fingerprint density at radius 3 is 2.67 bits per heavy atom. The average molecular weight is 257 g/mol. The van der Waals surface area contributed by atoms with Crippen molar-refractivity contribution in [1.82, 2.24) is 15.1 Å². The number of rotatable bonds is 6. The summed E-state index contributed by atoms with van der Waals surface area (Å²) in [6.45, 7) is 9.10. The second-order valence-electron chi connectivity index (χ2n) is 6.18. The van der Waals surface area contributed by atoms with Crippen LogP contribution < -0.4 is 5.32 Å². The molecule has 1 saturated heterocycles. The summed E-state index contributed by atoms with van der Waals surface area (Å²) in [5, 5.41) is 13.8. The number of aliphatic hydroxyl groups is 1. The molecule has 0 aromatic carbocycles. The molecule has 0 aliphatic carbocycles. The van der Waals surface area contributed by atoms with E-state index in [4.69, 9.17) is 0 Å². The van der Waals surface area contributed by atoms with Crippen LogP contribution in [0.4, 0.5) is 0 Å². The molecule has 0 aromatic heterocycles. The van der Waals surface area contributed by atoms with Crippen LogP contribution in [-0.4, -0.2) is 73.4 Å². The second kappa shape index (κ2) is 7.43. The summed E-state index contributed by atoms with van der Waals surface area (Å²) in [6.07, 6.45) is 3.70. The van der Waals surface area contributed by atoms with Gasteiger partial charge in [-0.3, -0.25) is 0 Å². The number of nitrogens with zero attached hydrogens (tertiary/aromatic N) is 2. The minimum atomic E-state index is -0.639. The van der Waals surface area contributed by atoms with Crippen LogP contribution in [0.3, 0.4) is 0 Å². The Morgan fingerprint density at radius 2 is 2.06 bits per heavy atom. The summed E-state index contributed by atoms with van der Waals surface area (Å²) in [5.41, 5.74) is -0.639. The van der Waals surface area contributed by atoms with Crippen LogP contribution in [0, 0.1) is 0 Å². The molecule has 2 unspecified atom stereocenters. The van der Waals surface area contributed by atoms with E-state index in [9.17, 15) is 5.11 Å². The summed E-state index contributed by atoms with van der Waals surface area (Å²) >= 11 is 0. The monoisotopic (exact) mass is 257 g/mol. The summed E-state index contributed by atoms with van der Waals surface area (Å²) in [5.74, 6) is 0. The van der Waals surface area contributed by atoms with Crippen LogP contribution in [0.15, 0.2) is 0 Å². The van der Waals surface area contributed by atoms with Crippen molar-refractivity contribution in [3.05, 3.63) is 0 Å². The maximum Gasteiger partial charge on any atom is 0.0869 e. The summed E-state index contributed by atoms with van der Waals surface area (Å²) in [4.78, 5) is 4.55. The van der Waals surface area contributed by atoms with Gasteiger partial charge >= 0.3 is 0 Å². The van der Waals surface area contributed by atoms with Gasteiger partial charge in [-0.1, -0.05) is 6.92 Å². The van der Waals surface area contributed by atoms with E-state index in [1.54, 1.807) is 0 Å². The van der Waals surface area contributed by atoms with Gasteiger partial charge in [-0.15, -0.1) is 0 Å². The van der Waals surface area contributed by atoms with Crippen molar-refractivity contribution in [3.63, 3.8) is 0 Å². The second-order valence-corrected chi connectivity index (χ2v) is 6.18. The standard InChI is InChI=1S/C14H31N3O/c1-5-17-9-6-7-13(8-10-17)15-11-14(2,18)12-16(3)4/h13,15,18H,5-12H2,1-4H3. The van der Waals surface area contributed by atoms with E-state index in [-0.39, 0.29) is 0 Å². The zero-order valence-electron chi connectivity index (χ0n) is 12.6. The first-order valence-electron chi connectivity index (χ1n) is 7.26. The van der Waals surface area contributed by atoms with Gasteiger partial charge in [0.25, 0.3) is 0 Å². The molecule has 0 aromatic rings.